The van der Waals surface area contributed by atoms with Gasteiger partial charge in [0.1, 0.15) is 0 Å². The van der Waals surface area contributed by atoms with Crippen molar-refractivity contribution in [2.24, 2.45) is 5.73 Å². The molecule has 0 amide bonds. The summed E-state index contributed by atoms with van der Waals surface area (Å²) in [4.78, 5) is 0. The standard InChI is InChI=1S/C14H13BrClN/c1-14(17,10-5-7-12(15)8-6-10)11-3-2-4-13(16)9-11/h2-9H,17H2,1H3. The number of halogens is 2. The Morgan fingerprint density at radius 1 is 1.06 bits per heavy atom. The van der Waals surface area contributed by atoms with Crippen molar-refractivity contribution in [3.63, 3.8) is 0 Å². The first-order valence-electron chi connectivity index (χ1n) is 5.31. The van der Waals surface area contributed by atoms with Crippen LogP contribution in [0.4, 0.5) is 0 Å². The lowest BCUT2D eigenvalue weighted by molar-refractivity contribution is 0.603. The third kappa shape index (κ3) is 2.71. The number of hydrogen-bond acceptors (Lipinski definition) is 1. The summed E-state index contributed by atoms with van der Waals surface area (Å²) in [6.07, 6.45) is 0. The number of rotatable bonds is 2. The van der Waals surface area contributed by atoms with Gasteiger partial charge in [0.2, 0.25) is 0 Å². The Hall–Kier alpha value is -0.830. The Kier molecular flexibility index (Phi) is 3.57. The van der Waals surface area contributed by atoms with Gasteiger partial charge in [-0.25, -0.2) is 0 Å². The smallest absolute Gasteiger partial charge is 0.0637 e. The SMILES string of the molecule is CC(N)(c1ccc(Br)cc1)c1cccc(Cl)c1. The molecule has 0 aromatic heterocycles. The largest absolute Gasteiger partial charge is 0.318 e. The third-order valence-electron chi connectivity index (χ3n) is 2.87. The van der Waals surface area contributed by atoms with Crippen molar-refractivity contribution in [2.45, 2.75) is 12.5 Å². The van der Waals surface area contributed by atoms with Crippen molar-refractivity contribution < 1.29 is 0 Å². The minimum Gasteiger partial charge on any atom is -0.318 e. The Balaban J connectivity index is 2.45. The third-order valence-corrected chi connectivity index (χ3v) is 3.63. The van der Waals surface area contributed by atoms with Crippen LogP contribution in [0, 0.1) is 0 Å². The second kappa shape index (κ2) is 4.81. The topological polar surface area (TPSA) is 26.0 Å². The van der Waals surface area contributed by atoms with Crippen LogP contribution in [-0.4, -0.2) is 0 Å². The molecule has 0 aliphatic rings. The predicted molar refractivity (Wildman–Crippen MR) is 76.2 cm³/mol. The fraction of sp³-hybridized carbons (Fsp3) is 0.143. The summed E-state index contributed by atoms with van der Waals surface area (Å²) >= 11 is 9.42. The van der Waals surface area contributed by atoms with E-state index in [1.807, 2.05) is 55.5 Å². The lowest BCUT2D eigenvalue weighted by Gasteiger charge is -2.26. The van der Waals surface area contributed by atoms with Crippen molar-refractivity contribution in [2.75, 3.05) is 0 Å². The first-order valence-corrected chi connectivity index (χ1v) is 6.48. The van der Waals surface area contributed by atoms with Gasteiger partial charge in [-0.2, -0.15) is 0 Å². The van der Waals surface area contributed by atoms with Crippen LogP contribution in [0.5, 0.6) is 0 Å². The Morgan fingerprint density at radius 3 is 2.29 bits per heavy atom. The molecule has 0 radical (unpaired) electrons. The van der Waals surface area contributed by atoms with Crippen LogP contribution >= 0.6 is 27.5 Å². The summed E-state index contributed by atoms with van der Waals surface area (Å²) in [7, 11) is 0. The molecule has 0 bridgehead atoms. The molecule has 0 fully saturated rings. The Morgan fingerprint density at radius 2 is 1.71 bits per heavy atom. The zero-order valence-corrected chi connectivity index (χ0v) is 11.8. The van der Waals surface area contributed by atoms with Gasteiger partial charge in [0.15, 0.2) is 0 Å². The van der Waals surface area contributed by atoms with E-state index in [0.717, 1.165) is 15.6 Å². The van der Waals surface area contributed by atoms with Crippen LogP contribution in [0.25, 0.3) is 0 Å². The van der Waals surface area contributed by atoms with Gasteiger partial charge in [-0.05, 0) is 42.3 Å². The molecule has 3 heteroatoms. The fourth-order valence-corrected chi connectivity index (χ4v) is 2.23. The molecule has 2 aromatic carbocycles. The summed E-state index contributed by atoms with van der Waals surface area (Å²) in [5.41, 5.74) is 7.93. The molecule has 88 valence electrons. The number of nitrogens with two attached hydrogens (primary N) is 1. The summed E-state index contributed by atoms with van der Waals surface area (Å²) in [5, 5.41) is 0.705. The van der Waals surface area contributed by atoms with Gasteiger partial charge in [-0.15, -0.1) is 0 Å². The quantitative estimate of drug-likeness (QED) is 0.878. The van der Waals surface area contributed by atoms with E-state index in [0.29, 0.717) is 5.02 Å². The van der Waals surface area contributed by atoms with E-state index < -0.39 is 5.54 Å². The summed E-state index contributed by atoms with van der Waals surface area (Å²) < 4.78 is 1.04. The molecule has 1 atom stereocenters. The highest BCUT2D eigenvalue weighted by atomic mass is 79.9. The van der Waals surface area contributed by atoms with Crippen LogP contribution in [0.2, 0.25) is 5.02 Å². The molecule has 2 rings (SSSR count). The van der Waals surface area contributed by atoms with Crippen LogP contribution in [-0.2, 0) is 5.54 Å². The molecule has 2 aromatic rings. The van der Waals surface area contributed by atoms with E-state index >= 15 is 0 Å². The van der Waals surface area contributed by atoms with Crippen molar-refractivity contribution in [3.8, 4) is 0 Å². The van der Waals surface area contributed by atoms with E-state index in [1.165, 1.54) is 0 Å². The van der Waals surface area contributed by atoms with Crippen molar-refractivity contribution in [1.29, 1.82) is 0 Å². The minimum atomic E-state index is -0.536. The highest BCUT2D eigenvalue weighted by Crippen LogP contribution is 2.28. The lowest BCUT2D eigenvalue weighted by Crippen LogP contribution is -2.34. The summed E-state index contributed by atoms with van der Waals surface area (Å²) in [6.45, 7) is 1.99. The molecule has 17 heavy (non-hydrogen) atoms. The van der Waals surface area contributed by atoms with Gasteiger partial charge >= 0.3 is 0 Å². The highest BCUT2D eigenvalue weighted by molar-refractivity contribution is 9.10. The first kappa shape index (κ1) is 12.6. The average Bonchev–Trinajstić information content (AvgIpc) is 2.29. The molecule has 0 saturated heterocycles. The second-order valence-corrected chi connectivity index (χ2v) is 5.57. The van der Waals surface area contributed by atoms with E-state index in [-0.39, 0.29) is 0 Å². The van der Waals surface area contributed by atoms with Crippen LogP contribution < -0.4 is 5.73 Å². The zero-order chi connectivity index (χ0) is 12.5. The maximum Gasteiger partial charge on any atom is 0.0637 e. The molecule has 2 N–H and O–H groups in total. The second-order valence-electron chi connectivity index (χ2n) is 4.22. The predicted octanol–water partition coefficient (Wildman–Crippen LogP) is 4.32. The first-order chi connectivity index (χ1) is 8.00. The molecule has 0 spiro atoms. The van der Waals surface area contributed by atoms with Crippen molar-refractivity contribution >= 4 is 27.5 Å². The van der Waals surface area contributed by atoms with Gasteiger partial charge < -0.3 is 5.73 Å². The maximum absolute atomic E-state index is 6.40. The van der Waals surface area contributed by atoms with Crippen molar-refractivity contribution in [3.05, 3.63) is 69.2 Å². The summed E-state index contributed by atoms with van der Waals surface area (Å²) in [5.74, 6) is 0. The molecule has 1 nitrogen and oxygen atoms in total. The van der Waals surface area contributed by atoms with Crippen LogP contribution in [0.1, 0.15) is 18.1 Å². The molecule has 1 unspecified atom stereocenters. The maximum atomic E-state index is 6.40. The Labute approximate surface area is 115 Å². The van der Waals surface area contributed by atoms with Gasteiger partial charge in [-0.3, -0.25) is 0 Å². The average molecular weight is 311 g/mol. The lowest BCUT2D eigenvalue weighted by atomic mass is 9.86. The molecule has 0 aliphatic carbocycles. The fourth-order valence-electron chi connectivity index (χ4n) is 1.77. The highest BCUT2D eigenvalue weighted by Gasteiger charge is 2.23. The summed E-state index contributed by atoms with van der Waals surface area (Å²) in [6, 6.07) is 15.7. The molecular weight excluding hydrogens is 298 g/mol. The number of hydrogen-bond donors (Lipinski definition) is 1. The zero-order valence-electron chi connectivity index (χ0n) is 9.45. The van der Waals surface area contributed by atoms with Crippen LogP contribution in [0.15, 0.2) is 53.0 Å². The normalized spacial score (nSPS) is 14.4. The van der Waals surface area contributed by atoms with E-state index in [4.69, 9.17) is 17.3 Å². The van der Waals surface area contributed by atoms with E-state index in [2.05, 4.69) is 15.9 Å². The molecule has 0 aliphatic heterocycles. The van der Waals surface area contributed by atoms with Gasteiger partial charge in [0, 0.05) is 9.50 Å². The Bertz CT molecular complexity index is 520. The molecule has 0 heterocycles. The molecule has 0 saturated carbocycles. The number of benzene rings is 2. The van der Waals surface area contributed by atoms with Gasteiger partial charge in [0.25, 0.3) is 0 Å². The van der Waals surface area contributed by atoms with Crippen LogP contribution in [0.3, 0.4) is 0 Å². The van der Waals surface area contributed by atoms with Gasteiger partial charge in [0.05, 0.1) is 5.54 Å². The molecular formula is C14H13BrClN. The van der Waals surface area contributed by atoms with E-state index in [1.54, 1.807) is 0 Å². The monoisotopic (exact) mass is 309 g/mol. The van der Waals surface area contributed by atoms with Crippen molar-refractivity contribution in [1.82, 2.24) is 0 Å². The van der Waals surface area contributed by atoms with Gasteiger partial charge in [-0.1, -0.05) is 51.8 Å². The minimum absolute atomic E-state index is 0.536. The van der Waals surface area contributed by atoms with E-state index in [9.17, 15) is 0 Å².